The van der Waals surface area contributed by atoms with Gasteiger partial charge in [-0.2, -0.15) is 15.0 Å². The monoisotopic (exact) mass is 312 g/mol. The topological polar surface area (TPSA) is 59.9 Å². The Bertz CT molecular complexity index is 573. The molecule has 2 aromatic rings. The molecular weight excluding hydrogens is 296 g/mol. The number of nitrogens with zero attached hydrogens (tertiary/aromatic N) is 3. The van der Waals surface area contributed by atoms with Gasteiger partial charge in [-0.15, -0.1) is 11.3 Å². The zero-order chi connectivity index (χ0) is 14.5. The number of anilines is 1. The Kier molecular flexibility index (Phi) is 5.14. The van der Waals surface area contributed by atoms with Gasteiger partial charge in [-0.25, -0.2) is 0 Å². The highest BCUT2D eigenvalue weighted by molar-refractivity contribution is 7.10. The number of ether oxygens (including phenoxy) is 1. The lowest BCUT2D eigenvalue weighted by Gasteiger charge is -2.09. The number of hydrogen-bond donors (Lipinski definition) is 1. The Labute approximate surface area is 127 Å². The van der Waals surface area contributed by atoms with E-state index in [9.17, 15) is 0 Å². The first-order chi connectivity index (χ1) is 9.58. The van der Waals surface area contributed by atoms with E-state index in [0.717, 1.165) is 6.42 Å². The van der Waals surface area contributed by atoms with E-state index in [1.807, 2.05) is 13.8 Å². The second-order valence-corrected chi connectivity index (χ2v) is 5.79. The highest BCUT2D eigenvalue weighted by atomic mass is 35.5. The van der Waals surface area contributed by atoms with Crippen molar-refractivity contribution in [2.45, 2.75) is 39.8 Å². The molecular formula is C13H17ClN4OS. The molecule has 0 aliphatic heterocycles. The van der Waals surface area contributed by atoms with E-state index in [4.69, 9.17) is 16.3 Å². The van der Waals surface area contributed by atoms with Crippen LogP contribution < -0.4 is 10.1 Å². The van der Waals surface area contributed by atoms with Crippen molar-refractivity contribution >= 4 is 28.9 Å². The van der Waals surface area contributed by atoms with Crippen molar-refractivity contribution in [2.75, 3.05) is 5.32 Å². The average Bonchev–Trinajstić information content (AvgIpc) is 2.82. The van der Waals surface area contributed by atoms with Crippen LogP contribution in [0.2, 0.25) is 5.28 Å². The molecule has 0 bridgehead atoms. The van der Waals surface area contributed by atoms with Crippen LogP contribution >= 0.6 is 22.9 Å². The molecule has 0 saturated carbocycles. The third-order valence-electron chi connectivity index (χ3n) is 2.55. The highest BCUT2D eigenvalue weighted by Crippen LogP contribution is 2.19. The summed E-state index contributed by atoms with van der Waals surface area (Å²) in [5, 5.41) is 5.37. The van der Waals surface area contributed by atoms with E-state index in [1.54, 1.807) is 11.3 Å². The molecule has 0 unspecified atom stereocenters. The Morgan fingerprint density at radius 3 is 2.85 bits per heavy atom. The van der Waals surface area contributed by atoms with Gasteiger partial charge in [-0.1, -0.05) is 6.92 Å². The van der Waals surface area contributed by atoms with Gasteiger partial charge in [0.2, 0.25) is 11.2 Å². The molecule has 20 heavy (non-hydrogen) atoms. The van der Waals surface area contributed by atoms with Crippen LogP contribution in [0.3, 0.4) is 0 Å². The number of aromatic nitrogens is 3. The molecule has 7 heteroatoms. The molecule has 0 radical (unpaired) electrons. The molecule has 0 amide bonds. The molecule has 1 N–H and O–H groups in total. The van der Waals surface area contributed by atoms with Crippen LogP contribution in [0.15, 0.2) is 11.4 Å². The van der Waals surface area contributed by atoms with Gasteiger partial charge in [0, 0.05) is 4.88 Å². The quantitative estimate of drug-likeness (QED) is 0.884. The van der Waals surface area contributed by atoms with E-state index in [-0.39, 0.29) is 17.4 Å². The second kappa shape index (κ2) is 6.85. The molecule has 0 spiro atoms. The minimum Gasteiger partial charge on any atom is -0.461 e. The third-order valence-corrected chi connectivity index (χ3v) is 3.69. The van der Waals surface area contributed by atoms with Crippen molar-refractivity contribution in [3.63, 3.8) is 0 Å². The van der Waals surface area contributed by atoms with Crippen molar-refractivity contribution in [2.24, 2.45) is 0 Å². The largest absolute Gasteiger partial charge is 0.461 e. The maximum Gasteiger partial charge on any atom is 0.322 e. The predicted octanol–water partition coefficient (Wildman–Crippen LogP) is 3.55. The van der Waals surface area contributed by atoms with Gasteiger partial charge in [0.05, 0.1) is 12.6 Å². The number of aryl methyl sites for hydroxylation is 1. The molecule has 108 valence electrons. The van der Waals surface area contributed by atoms with Crippen molar-refractivity contribution in [3.8, 4) is 6.01 Å². The fourth-order valence-corrected chi connectivity index (χ4v) is 2.74. The minimum absolute atomic E-state index is 0.00898. The van der Waals surface area contributed by atoms with E-state index >= 15 is 0 Å². The predicted molar refractivity (Wildman–Crippen MR) is 81.6 cm³/mol. The van der Waals surface area contributed by atoms with Gasteiger partial charge in [0.15, 0.2) is 0 Å². The number of thiophene rings is 1. The van der Waals surface area contributed by atoms with Gasteiger partial charge < -0.3 is 10.1 Å². The first-order valence-corrected chi connectivity index (χ1v) is 7.71. The molecule has 0 aliphatic carbocycles. The first-order valence-electron chi connectivity index (χ1n) is 6.45. The Hall–Kier alpha value is -1.40. The smallest absolute Gasteiger partial charge is 0.322 e. The Morgan fingerprint density at radius 1 is 1.35 bits per heavy atom. The summed E-state index contributed by atoms with van der Waals surface area (Å²) in [6, 6.07) is 2.37. The number of rotatable bonds is 6. The molecule has 0 atom stereocenters. The van der Waals surface area contributed by atoms with Crippen LogP contribution in [0.4, 0.5) is 5.95 Å². The van der Waals surface area contributed by atoms with Crippen LogP contribution in [0.25, 0.3) is 0 Å². The van der Waals surface area contributed by atoms with Crippen molar-refractivity contribution in [1.82, 2.24) is 15.0 Å². The van der Waals surface area contributed by atoms with Gasteiger partial charge in [-0.05, 0) is 48.9 Å². The van der Waals surface area contributed by atoms with Crippen LogP contribution in [0.1, 0.15) is 31.2 Å². The number of halogens is 1. The van der Waals surface area contributed by atoms with Crippen LogP contribution in [-0.4, -0.2) is 21.1 Å². The fraction of sp³-hybridized carbons (Fsp3) is 0.462. The van der Waals surface area contributed by atoms with Gasteiger partial charge in [-0.3, -0.25) is 0 Å². The summed E-state index contributed by atoms with van der Waals surface area (Å²) in [5.74, 6) is 0.427. The van der Waals surface area contributed by atoms with Crippen molar-refractivity contribution in [3.05, 3.63) is 27.2 Å². The van der Waals surface area contributed by atoms with Crippen LogP contribution in [0.5, 0.6) is 6.01 Å². The van der Waals surface area contributed by atoms with E-state index in [1.165, 1.54) is 10.4 Å². The number of nitrogens with one attached hydrogen (secondary N) is 1. The van der Waals surface area contributed by atoms with Gasteiger partial charge >= 0.3 is 6.01 Å². The van der Waals surface area contributed by atoms with Crippen LogP contribution in [0, 0.1) is 0 Å². The summed E-state index contributed by atoms with van der Waals surface area (Å²) in [4.78, 5) is 13.5. The lowest BCUT2D eigenvalue weighted by Crippen LogP contribution is -2.11. The summed E-state index contributed by atoms with van der Waals surface area (Å²) in [6.07, 6.45) is 1.01. The first kappa shape index (κ1) is 15.0. The fourth-order valence-electron chi connectivity index (χ4n) is 1.67. The Balaban J connectivity index is 2.07. The Morgan fingerprint density at radius 2 is 2.15 bits per heavy atom. The zero-order valence-electron chi connectivity index (χ0n) is 11.7. The average molecular weight is 313 g/mol. The summed E-state index contributed by atoms with van der Waals surface area (Å²) >= 11 is 7.59. The summed E-state index contributed by atoms with van der Waals surface area (Å²) in [7, 11) is 0. The lowest BCUT2D eigenvalue weighted by atomic mass is 10.2. The molecule has 5 nitrogen and oxygen atoms in total. The van der Waals surface area contributed by atoms with E-state index in [2.05, 4.69) is 38.6 Å². The van der Waals surface area contributed by atoms with Gasteiger partial charge in [0.25, 0.3) is 0 Å². The normalized spacial score (nSPS) is 10.8. The van der Waals surface area contributed by atoms with E-state index < -0.39 is 0 Å². The van der Waals surface area contributed by atoms with Crippen molar-refractivity contribution < 1.29 is 4.74 Å². The maximum atomic E-state index is 5.87. The van der Waals surface area contributed by atoms with Crippen LogP contribution in [-0.2, 0) is 13.0 Å². The third kappa shape index (κ3) is 4.05. The molecule has 2 aromatic heterocycles. The molecule has 0 aromatic carbocycles. The molecule has 2 rings (SSSR count). The summed E-state index contributed by atoms with van der Waals surface area (Å²) in [6.45, 7) is 6.62. The van der Waals surface area contributed by atoms with Gasteiger partial charge in [0.1, 0.15) is 0 Å². The lowest BCUT2D eigenvalue weighted by molar-refractivity contribution is 0.222. The summed E-state index contributed by atoms with van der Waals surface area (Å²) in [5.41, 5.74) is 1.33. The van der Waals surface area contributed by atoms with E-state index in [0.29, 0.717) is 12.5 Å². The maximum absolute atomic E-state index is 5.87. The second-order valence-electron chi connectivity index (χ2n) is 4.45. The molecule has 0 saturated heterocycles. The summed E-state index contributed by atoms with van der Waals surface area (Å²) < 4.78 is 5.43. The zero-order valence-corrected chi connectivity index (χ0v) is 13.3. The standard InChI is InChI=1S/C13H17ClN4OS/c1-4-9-5-6-20-10(9)7-15-12-16-11(14)17-13(18-12)19-8(2)3/h5-6,8H,4,7H2,1-3H3,(H,15,16,17,18). The SMILES string of the molecule is CCc1ccsc1CNc1nc(Cl)nc(OC(C)C)n1. The molecule has 0 aliphatic rings. The highest BCUT2D eigenvalue weighted by Gasteiger charge is 2.09. The van der Waals surface area contributed by atoms with Crippen molar-refractivity contribution in [1.29, 1.82) is 0 Å². The molecule has 0 fully saturated rings. The number of hydrogen-bond acceptors (Lipinski definition) is 6. The minimum atomic E-state index is -0.00898. The molecule has 2 heterocycles.